The van der Waals surface area contributed by atoms with Gasteiger partial charge in [-0.25, -0.2) is 0 Å². The molecule has 1 amide bonds. The van der Waals surface area contributed by atoms with Crippen LogP contribution in [-0.2, 0) is 9.59 Å². The second kappa shape index (κ2) is 6.36. The molecule has 2 rings (SSSR count). The molecule has 1 aliphatic rings. The lowest BCUT2D eigenvalue weighted by atomic mass is 9.83. The number of carbonyl (C=O) groups excluding carboxylic acids is 1. The van der Waals surface area contributed by atoms with E-state index in [4.69, 9.17) is 5.11 Å². The van der Waals surface area contributed by atoms with Crippen LogP contribution in [0.15, 0.2) is 30.3 Å². The summed E-state index contributed by atoms with van der Waals surface area (Å²) < 4.78 is 0. The number of carboxylic acids is 1. The molecule has 1 fully saturated rings. The van der Waals surface area contributed by atoms with Crippen molar-refractivity contribution in [3.8, 4) is 0 Å². The Hall–Kier alpha value is -1.84. The third kappa shape index (κ3) is 4.09. The van der Waals surface area contributed by atoms with Crippen molar-refractivity contribution in [2.75, 3.05) is 0 Å². The van der Waals surface area contributed by atoms with E-state index in [0.717, 1.165) is 18.4 Å². The molecule has 102 valence electrons. The second-order valence-corrected chi connectivity index (χ2v) is 5.13. The Kier molecular flexibility index (Phi) is 4.55. The summed E-state index contributed by atoms with van der Waals surface area (Å²) in [6.07, 6.45) is 3.86. The van der Waals surface area contributed by atoms with Crippen molar-refractivity contribution in [2.45, 2.75) is 38.1 Å². The van der Waals surface area contributed by atoms with E-state index in [1.807, 2.05) is 30.3 Å². The van der Waals surface area contributed by atoms with Crippen molar-refractivity contribution in [1.29, 1.82) is 0 Å². The molecule has 0 radical (unpaired) electrons. The molecule has 0 aromatic heterocycles. The van der Waals surface area contributed by atoms with Crippen LogP contribution in [0.1, 0.15) is 43.7 Å². The number of benzene rings is 1. The first-order chi connectivity index (χ1) is 9.15. The maximum atomic E-state index is 11.9. The largest absolute Gasteiger partial charge is 0.481 e. The second-order valence-electron chi connectivity index (χ2n) is 5.13. The number of aliphatic carboxylic acids is 1. The highest BCUT2D eigenvalue weighted by atomic mass is 16.4. The van der Waals surface area contributed by atoms with Gasteiger partial charge in [-0.05, 0) is 24.3 Å². The number of nitrogens with one attached hydrogen (secondary N) is 1. The Labute approximate surface area is 112 Å². The molecule has 0 spiro atoms. The Bertz CT molecular complexity index is 440. The molecular weight excluding hydrogens is 242 g/mol. The van der Waals surface area contributed by atoms with Gasteiger partial charge in [0.05, 0.1) is 12.5 Å². The minimum Gasteiger partial charge on any atom is -0.481 e. The van der Waals surface area contributed by atoms with Gasteiger partial charge in [-0.2, -0.15) is 0 Å². The van der Waals surface area contributed by atoms with E-state index >= 15 is 0 Å². The van der Waals surface area contributed by atoms with Gasteiger partial charge in [0.2, 0.25) is 5.91 Å². The van der Waals surface area contributed by atoms with E-state index in [1.54, 1.807) is 0 Å². The molecule has 2 N–H and O–H groups in total. The quantitative estimate of drug-likeness (QED) is 0.826. The molecule has 0 aliphatic heterocycles. The van der Waals surface area contributed by atoms with Crippen molar-refractivity contribution in [3.05, 3.63) is 35.9 Å². The number of carbonyl (C=O) groups is 2. The number of hydrogen-bond donors (Lipinski definition) is 2. The fourth-order valence-corrected chi connectivity index (χ4v) is 2.32. The molecule has 1 aliphatic carbocycles. The van der Waals surface area contributed by atoms with Crippen LogP contribution in [0.5, 0.6) is 0 Å². The molecule has 19 heavy (non-hydrogen) atoms. The third-order valence-corrected chi connectivity index (χ3v) is 3.61. The Morgan fingerprint density at radius 1 is 1.26 bits per heavy atom. The van der Waals surface area contributed by atoms with Gasteiger partial charge >= 0.3 is 5.97 Å². The van der Waals surface area contributed by atoms with Crippen LogP contribution in [-0.4, -0.2) is 17.0 Å². The number of rotatable bonds is 6. The summed E-state index contributed by atoms with van der Waals surface area (Å²) >= 11 is 0. The lowest BCUT2D eigenvalue weighted by molar-refractivity contribution is -0.137. The van der Waals surface area contributed by atoms with Crippen molar-refractivity contribution in [3.63, 3.8) is 0 Å². The Morgan fingerprint density at radius 2 is 1.95 bits per heavy atom. The molecule has 0 bridgehead atoms. The van der Waals surface area contributed by atoms with Crippen molar-refractivity contribution >= 4 is 11.9 Å². The molecule has 4 heteroatoms. The third-order valence-electron chi connectivity index (χ3n) is 3.61. The molecule has 1 unspecified atom stereocenters. The predicted octanol–water partition coefficient (Wildman–Crippen LogP) is 2.51. The summed E-state index contributed by atoms with van der Waals surface area (Å²) in [5, 5.41) is 11.8. The van der Waals surface area contributed by atoms with Gasteiger partial charge in [-0.3, -0.25) is 9.59 Å². The highest BCUT2D eigenvalue weighted by molar-refractivity contribution is 5.78. The Morgan fingerprint density at radius 3 is 2.47 bits per heavy atom. The van der Waals surface area contributed by atoms with Crippen LogP contribution in [0.2, 0.25) is 0 Å². The van der Waals surface area contributed by atoms with Crippen LogP contribution < -0.4 is 5.32 Å². The summed E-state index contributed by atoms with van der Waals surface area (Å²) in [5.74, 6) is -0.459. The molecular formula is C15H19NO3. The van der Waals surface area contributed by atoms with Gasteiger partial charge in [-0.15, -0.1) is 0 Å². The van der Waals surface area contributed by atoms with Crippen LogP contribution in [0.4, 0.5) is 0 Å². The Balaban J connectivity index is 1.97. The van der Waals surface area contributed by atoms with E-state index < -0.39 is 12.0 Å². The van der Waals surface area contributed by atoms with Gasteiger partial charge in [0, 0.05) is 6.42 Å². The molecule has 1 aromatic rings. The SMILES string of the molecule is O=C(O)CC(NC(=O)CC1CCC1)c1ccccc1. The number of hydrogen-bond acceptors (Lipinski definition) is 2. The van der Waals surface area contributed by atoms with Crippen molar-refractivity contribution in [2.24, 2.45) is 5.92 Å². The van der Waals surface area contributed by atoms with Gasteiger partial charge < -0.3 is 10.4 Å². The topological polar surface area (TPSA) is 66.4 Å². The molecule has 1 saturated carbocycles. The first-order valence-corrected chi connectivity index (χ1v) is 6.71. The van der Waals surface area contributed by atoms with Crippen LogP contribution >= 0.6 is 0 Å². The molecule has 0 heterocycles. The zero-order chi connectivity index (χ0) is 13.7. The number of carboxylic acid groups (broad SMARTS) is 1. The minimum absolute atomic E-state index is 0.0418. The van der Waals surface area contributed by atoms with E-state index in [9.17, 15) is 9.59 Å². The van der Waals surface area contributed by atoms with Crippen molar-refractivity contribution in [1.82, 2.24) is 5.32 Å². The number of amides is 1. The summed E-state index contributed by atoms with van der Waals surface area (Å²) in [6.45, 7) is 0. The lowest BCUT2D eigenvalue weighted by Gasteiger charge is -2.26. The fraction of sp³-hybridized carbons (Fsp3) is 0.467. The zero-order valence-corrected chi connectivity index (χ0v) is 10.8. The maximum absolute atomic E-state index is 11.9. The zero-order valence-electron chi connectivity index (χ0n) is 10.8. The standard InChI is InChI=1S/C15H19NO3/c17-14(9-11-5-4-6-11)16-13(10-15(18)19)12-7-2-1-3-8-12/h1-3,7-8,11,13H,4-6,9-10H2,(H,16,17)(H,18,19). The first kappa shape index (κ1) is 13.6. The van der Waals surface area contributed by atoms with Crippen LogP contribution in [0, 0.1) is 5.92 Å². The van der Waals surface area contributed by atoms with Gasteiger partial charge in [-0.1, -0.05) is 36.8 Å². The maximum Gasteiger partial charge on any atom is 0.305 e. The summed E-state index contributed by atoms with van der Waals surface area (Å²) in [7, 11) is 0. The van der Waals surface area contributed by atoms with Gasteiger partial charge in [0.25, 0.3) is 0 Å². The van der Waals surface area contributed by atoms with Crippen LogP contribution in [0.3, 0.4) is 0 Å². The summed E-state index contributed by atoms with van der Waals surface area (Å²) in [4.78, 5) is 22.8. The van der Waals surface area contributed by atoms with Crippen molar-refractivity contribution < 1.29 is 14.7 Å². The van der Waals surface area contributed by atoms with E-state index in [1.165, 1.54) is 6.42 Å². The van der Waals surface area contributed by atoms with E-state index in [0.29, 0.717) is 12.3 Å². The normalized spacial score (nSPS) is 16.4. The summed E-state index contributed by atoms with van der Waals surface area (Å²) in [5.41, 5.74) is 0.840. The average Bonchev–Trinajstić information content (AvgIpc) is 2.34. The van der Waals surface area contributed by atoms with Crippen LogP contribution in [0.25, 0.3) is 0 Å². The van der Waals surface area contributed by atoms with E-state index in [-0.39, 0.29) is 12.3 Å². The lowest BCUT2D eigenvalue weighted by Crippen LogP contribution is -2.32. The highest BCUT2D eigenvalue weighted by Gasteiger charge is 2.23. The molecule has 0 saturated heterocycles. The highest BCUT2D eigenvalue weighted by Crippen LogP contribution is 2.29. The first-order valence-electron chi connectivity index (χ1n) is 6.71. The van der Waals surface area contributed by atoms with Gasteiger partial charge in [0.1, 0.15) is 0 Å². The monoisotopic (exact) mass is 261 g/mol. The average molecular weight is 261 g/mol. The molecule has 1 aromatic carbocycles. The molecule has 4 nitrogen and oxygen atoms in total. The predicted molar refractivity (Wildman–Crippen MR) is 71.5 cm³/mol. The minimum atomic E-state index is -0.905. The fourth-order valence-electron chi connectivity index (χ4n) is 2.32. The van der Waals surface area contributed by atoms with Gasteiger partial charge in [0.15, 0.2) is 0 Å². The smallest absolute Gasteiger partial charge is 0.305 e. The summed E-state index contributed by atoms with van der Waals surface area (Å²) in [6, 6.07) is 8.82. The van der Waals surface area contributed by atoms with E-state index in [2.05, 4.69) is 5.32 Å². The molecule has 1 atom stereocenters.